The van der Waals surface area contributed by atoms with Crippen molar-refractivity contribution >= 4 is 16.9 Å². The van der Waals surface area contributed by atoms with E-state index in [1.807, 2.05) is 28.9 Å². The normalized spacial score (nSPS) is 17.6. The van der Waals surface area contributed by atoms with E-state index in [2.05, 4.69) is 39.6 Å². The Labute approximate surface area is 177 Å². The molecule has 1 amide bonds. The van der Waals surface area contributed by atoms with Crippen LogP contribution in [0.5, 0.6) is 5.75 Å². The summed E-state index contributed by atoms with van der Waals surface area (Å²) in [4.78, 5) is 15.5. The SMILES string of the molecule is CCN1CCCCC(NC(=O)c2cc3nnn(Cc4ccccc4)c3cc2OC)C1. The van der Waals surface area contributed by atoms with Crippen LogP contribution < -0.4 is 10.1 Å². The number of carbonyl (C=O) groups is 1. The smallest absolute Gasteiger partial charge is 0.255 e. The van der Waals surface area contributed by atoms with Crippen molar-refractivity contribution in [2.75, 3.05) is 26.7 Å². The molecule has 4 rings (SSSR count). The first-order valence-corrected chi connectivity index (χ1v) is 10.7. The van der Waals surface area contributed by atoms with Gasteiger partial charge in [-0.25, -0.2) is 4.68 Å². The van der Waals surface area contributed by atoms with Crippen LogP contribution in [0.3, 0.4) is 0 Å². The molecule has 30 heavy (non-hydrogen) atoms. The molecule has 0 spiro atoms. The maximum absolute atomic E-state index is 13.1. The van der Waals surface area contributed by atoms with Gasteiger partial charge in [-0.2, -0.15) is 0 Å². The van der Waals surface area contributed by atoms with Gasteiger partial charge in [0.1, 0.15) is 11.3 Å². The Bertz CT molecular complexity index is 1000. The van der Waals surface area contributed by atoms with E-state index in [0.717, 1.165) is 43.6 Å². The van der Waals surface area contributed by atoms with E-state index in [1.54, 1.807) is 13.2 Å². The lowest BCUT2D eigenvalue weighted by atomic mass is 10.1. The molecule has 1 fully saturated rings. The molecule has 0 radical (unpaired) electrons. The van der Waals surface area contributed by atoms with E-state index in [0.29, 0.717) is 23.4 Å². The zero-order chi connectivity index (χ0) is 20.9. The summed E-state index contributed by atoms with van der Waals surface area (Å²) in [6, 6.07) is 13.9. The van der Waals surface area contributed by atoms with Crippen molar-refractivity contribution in [3.05, 3.63) is 53.6 Å². The lowest BCUT2D eigenvalue weighted by Gasteiger charge is -2.23. The minimum Gasteiger partial charge on any atom is -0.496 e. The number of hydrogen-bond donors (Lipinski definition) is 1. The number of hydrogen-bond acceptors (Lipinski definition) is 5. The summed E-state index contributed by atoms with van der Waals surface area (Å²) in [7, 11) is 1.59. The molecule has 1 aromatic heterocycles. The summed E-state index contributed by atoms with van der Waals surface area (Å²) in [5, 5.41) is 11.8. The molecule has 158 valence electrons. The molecule has 1 unspecified atom stereocenters. The number of likely N-dealkylation sites (tertiary alicyclic amines) is 1. The van der Waals surface area contributed by atoms with Crippen LogP contribution in [0.25, 0.3) is 11.0 Å². The van der Waals surface area contributed by atoms with Crippen LogP contribution in [0.2, 0.25) is 0 Å². The van der Waals surface area contributed by atoms with Gasteiger partial charge in [0, 0.05) is 18.7 Å². The maximum Gasteiger partial charge on any atom is 0.255 e. The highest BCUT2D eigenvalue weighted by Crippen LogP contribution is 2.26. The van der Waals surface area contributed by atoms with Crippen LogP contribution >= 0.6 is 0 Å². The average molecular weight is 408 g/mol. The third-order valence-electron chi connectivity index (χ3n) is 5.79. The molecule has 1 N–H and O–H groups in total. The highest BCUT2D eigenvalue weighted by Gasteiger charge is 2.22. The summed E-state index contributed by atoms with van der Waals surface area (Å²) < 4.78 is 7.40. The largest absolute Gasteiger partial charge is 0.496 e. The Kier molecular flexibility index (Phi) is 6.28. The van der Waals surface area contributed by atoms with E-state index in [4.69, 9.17) is 4.74 Å². The lowest BCUT2D eigenvalue weighted by molar-refractivity contribution is 0.0924. The highest BCUT2D eigenvalue weighted by atomic mass is 16.5. The van der Waals surface area contributed by atoms with Crippen LogP contribution in [0.1, 0.15) is 42.1 Å². The number of nitrogens with one attached hydrogen (secondary N) is 1. The predicted molar refractivity (Wildman–Crippen MR) is 117 cm³/mol. The topological polar surface area (TPSA) is 72.3 Å². The van der Waals surface area contributed by atoms with Gasteiger partial charge in [0.05, 0.1) is 24.7 Å². The molecule has 1 atom stereocenters. The van der Waals surface area contributed by atoms with Crippen LogP contribution in [0.4, 0.5) is 0 Å². The summed E-state index contributed by atoms with van der Waals surface area (Å²) in [5.41, 5.74) is 3.18. The zero-order valence-corrected chi connectivity index (χ0v) is 17.7. The van der Waals surface area contributed by atoms with Crippen molar-refractivity contribution in [3.63, 3.8) is 0 Å². The molecule has 0 bridgehead atoms. The fourth-order valence-corrected chi connectivity index (χ4v) is 4.10. The number of methoxy groups -OCH3 is 1. The molecule has 0 saturated carbocycles. The van der Waals surface area contributed by atoms with Gasteiger partial charge < -0.3 is 15.0 Å². The predicted octanol–water partition coefficient (Wildman–Crippen LogP) is 3.09. The number of benzene rings is 2. The van der Waals surface area contributed by atoms with Gasteiger partial charge in [0.2, 0.25) is 0 Å². The van der Waals surface area contributed by atoms with Crippen molar-refractivity contribution < 1.29 is 9.53 Å². The maximum atomic E-state index is 13.1. The van der Waals surface area contributed by atoms with Crippen molar-refractivity contribution in [2.45, 2.75) is 38.8 Å². The van der Waals surface area contributed by atoms with Crippen LogP contribution in [0.15, 0.2) is 42.5 Å². The quantitative estimate of drug-likeness (QED) is 0.680. The van der Waals surface area contributed by atoms with Crippen molar-refractivity contribution in [2.24, 2.45) is 0 Å². The van der Waals surface area contributed by atoms with E-state index in [-0.39, 0.29) is 11.9 Å². The molecule has 1 aliphatic heterocycles. The fourth-order valence-electron chi connectivity index (χ4n) is 4.10. The van der Waals surface area contributed by atoms with E-state index in [9.17, 15) is 4.79 Å². The van der Waals surface area contributed by atoms with E-state index >= 15 is 0 Å². The minimum atomic E-state index is -0.116. The van der Waals surface area contributed by atoms with Gasteiger partial charge >= 0.3 is 0 Å². The second kappa shape index (κ2) is 9.26. The Morgan fingerprint density at radius 1 is 1.23 bits per heavy atom. The highest BCUT2D eigenvalue weighted by molar-refractivity contribution is 6.00. The number of ether oxygens (including phenoxy) is 1. The van der Waals surface area contributed by atoms with Gasteiger partial charge in [0.25, 0.3) is 5.91 Å². The third kappa shape index (κ3) is 4.46. The number of aromatic nitrogens is 3. The summed E-state index contributed by atoms with van der Waals surface area (Å²) >= 11 is 0. The molecular formula is C23H29N5O2. The minimum absolute atomic E-state index is 0.116. The second-order valence-corrected chi connectivity index (χ2v) is 7.83. The van der Waals surface area contributed by atoms with E-state index in [1.165, 1.54) is 6.42 Å². The van der Waals surface area contributed by atoms with Crippen LogP contribution in [-0.4, -0.2) is 58.6 Å². The van der Waals surface area contributed by atoms with Gasteiger partial charge in [-0.1, -0.05) is 48.9 Å². The van der Waals surface area contributed by atoms with Gasteiger partial charge in [0.15, 0.2) is 0 Å². The summed E-state index contributed by atoms with van der Waals surface area (Å²) in [5.74, 6) is 0.423. The summed E-state index contributed by atoms with van der Waals surface area (Å²) in [6.07, 6.45) is 3.31. The first-order valence-electron chi connectivity index (χ1n) is 10.7. The second-order valence-electron chi connectivity index (χ2n) is 7.83. The van der Waals surface area contributed by atoms with Gasteiger partial charge in [-0.15, -0.1) is 5.10 Å². The number of likely N-dealkylation sites (N-methyl/N-ethyl adjacent to an activating group) is 1. The Balaban J connectivity index is 1.57. The van der Waals surface area contributed by atoms with E-state index < -0.39 is 0 Å². The number of carbonyl (C=O) groups excluding carboxylic acids is 1. The van der Waals surface area contributed by atoms with Gasteiger partial charge in [-0.05, 0) is 37.6 Å². The van der Waals surface area contributed by atoms with Crippen LogP contribution in [-0.2, 0) is 6.54 Å². The standard InChI is InChI=1S/C23H29N5O2/c1-3-27-12-8-7-11-18(16-27)24-23(29)19-13-20-21(14-22(19)30-2)28(26-25-20)15-17-9-5-4-6-10-17/h4-6,9-10,13-14,18H,3,7-8,11-12,15-16H2,1-2H3,(H,24,29). The summed E-state index contributed by atoms with van der Waals surface area (Å²) in [6.45, 7) is 5.77. The molecular weight excluding hydrogens is 378 g/mol. The number of fused-ring (bicyclic) bond motifs is 1. The molecule has 0 aliphatic carbocycles. The molecule has 7 nitrogen and oxygen atoms in total. The molecule has 2 heterocycles. The number of amides is 1. The Hall–Kier alpha value is -2.93. The molecule has 2 aromatic carbocycles. The number of rotatable bonds is 6. The van der Waals surface area contributed by atoms with Crippen molar-refractivity contribution in [1.82, 2.24) is 25.2 Å². The Morgan fingerprint density at radius 2 is 2.07 bits per heavy atom. The third-order valence-corrected chi connectivity index (χ3v) is 5.79. The van der Waals surface area contributed by atoms with Crippen molar-refractivity contribution in [1.29, 1.82) is 0 Å². The molecule has 1 aliphatic rings. The Morgan fingerprint density at radius 3 is 2.83 bits per heavy atom. The van der Waals surface area contributed by atoms with Gasteiger partial charge in [-0.3, -0.25) is 4.79 Å². The zero-order valence-electron chi connectivity index (χ0n) is 17.7. The number of nitrogens with zero attached hydrogens (tertiary/aromatic N) is 4. The van der Waals surface area contributed by atoms with Crippen LogP contribution in [0, 0.1) is 0 Å². The monoisotopic (exact) mass is 407 g/mol. The molecule has 7 heteroatoms. The van der Waals surface area contributed by atoms with Crippen molar-refractivity contribution in [3.8, 4) is 5.75 Å². The first-order chi connectivity index (χ1) is 14.7. The first kappa shape index (κ1) is 20.3. The lowest BCUT2D eigenvalue weighted by Crippen LogP contribution is -2.42. The molecule has 1 saturated heterocycles. The average Bonchev–Trinajstić information content (AvgIpc) is 3.01. The fraction of sp³-hybridized carbons (Fsp3) is 0.435. The molecule has 3 aromatic rings.